The van der Waals surface area contributed by atoms with Crippen molar-refractivity contribution in [1.82, 2.24) is 10.1 Å². The van der Waals surface area contributed by atoms with Gasteiger partial charge in [-0.05, 0) is 12.1 Å². The molecule has 0 aliphatic rings. The number of pyridine rings is 1. The molecule has 0 radical (unpaired) electrons. The lowest BCUT2D eigenvalue weighted by Gasteiger charge is -2.11. The Balaban J connectivity index is 2.12. The molecule has 11 heteroatoms. The van der Waals surface area contributed by atoms with Gasteiger partial charge in [0, 0.05) is 19.2 Å². The van der Waals surface area contributed by atoms with Gasteiger partial charge in [-0.3, -0.25) is 4.79 Å². The van der Waals surface area contributed by atoms with Crippen molar-refractivity contribution < 1.29 is 26.9 Å². The maximum absolute atomic E-state index is 14.1. The molecule has 3 rings (SSSR count). The van der Waals surface area contributed by atoms with Crippen LogP contribution in [0.2, 0.25) is 10.0 Å². The summed E-state index contributed by atoms with van der Waals surface area (Å²) in [5.74, 6) is -1.72. The minimum atomic E-state index is -4.80. The summed E-state index contributed by atoms with van der Waals surface area (Å²) < 4.78 is 58.8. The standard InChI is InChI=1S/C17H9Cl2F4N3O2/c1-7(27)25-15-9(18)6-24-16(14(15)19)12-5-11(26-28-12)13-8(17(21,22)23)3-2-4-10(13)20/h2-6H,1H3,(H,24,25,27). The lowest BCUT2D eigenvalue weighted by Crippen LogP contribution is -2.08. The average Bonchev–Trinajstić information content (AvgIpc) is 3.06. The molecular weight excluding hydrogens is 425 g/mol. The van der Waals surface area contributed by atoms with Crippen molar-refractivity contribution in [3.05, 3.63) is 51.9 Å². The summed E-state index contributed by atoms with van der Waals surface area (Å²) in [6.07, 6.45) is -3.63. The van der Waals surface area contributed by atoms with E-state index < -0.39 is 34.7 Å². The summed E-state index contributed by atoms with van der Waals surface area (Å²) in [7, 11) is 0. The first kappa shape index (κ1) is 20.1. The molecule has 0 fully saturated rings. The molecule has 146 valence electrons. The first-order chi connectivity index (χ1) is 13.1. The molecule has 0 bridgehead atoms. The van der Waals surface area contributed by atoms with Crippen LogP contribution in [-0.4, -0.2) is 16.0 Å². The summed E-state index contributed by atoms with van der Waals surface area (Å²) in [6.45, 7) is 1.23. The van der Waals surface area contributed by atoms with Gasteiger partial charge in [-0.15, -0.1) is 0 Å². The average molecular weight is 434 g/mol. The Labute approximate surface area is 165 Å². The quantitative estimate of drug-likeness (QED) is 0.527. The molecule has 5 nitrogen and oxygen atoms in total. The SMILES string of the molecule is CC(=O)Nc1c(Cl)cnc(-c2cc(-c3c(F)cccc3C(F)(F)F)no2)c1Cl. The maximum Gasteiger partial charge on any atom is 0.417 e. The number of aromatic nitrogens is 2. The van der Waals surface area contributed by atoms with E-state index in [9.17, 15) is 22.4 Å². The number of halogens is 6. The third-order valence-corrected chi connectivity index (χ3v) is 4.25. The predicted octanol–water partition coefficient (Wildman–Crippen LogP) is 5.83. The van der Waals surface area contributed by atoms with Gasteiger partial charge in [0.15, 0.2) is 5.76 Å². The normalized spacial score (nSPS) is 11.5. The van der Waals surface area contributed by atoms with Crippen molar-refractivity contribution in [3.8, 4) is 22.7 Å². The molecule has 0 saturated heterocycles. The number of carbonyl (C=O) groups is 1. The number of carbonyl (C=O) groups excluding carboxylic acids is 1. The number of hydrogen-bond acceptors (Lipinski definition) is 4. The number of anilines is 1. The monoisotopic (exact) mass is 433 g/mol. The number of rotatable bonds is 3. The van der Waals surface area contributed by atoms with Gasteiger partial charge in [-0.25, -0.2) is 9.37 Å². The Morgan fingerprint density at radius 2 is 1.96 bits per heavy atom. The van der Waals surface area contributed by atoms with Gasteiger partial charge in [0.05, 0.1) is 26.9 Å². The zero-order valence-electron chi connectivity index (χ0n) is 13.9. The molecule has 0 aliphatic carbocycles. The maximum atomic E-state index is 14.1. The number of nitrogens with one attached hydrogen (secondary N) is 1. The fourth-order valence-corrected chi connectivity index (χ4v) is 2.98. The molecule has 1 amide bonds. The minimum absolute atomic E-state index is 0.0390. The summed E-state index contributed by atoms with van der Waals surface area (Å²) in [4.78, 5) is 15.2. The Morgan fingerprint density at radius 3 is 2.61 bits per heavy atom. The van der Waals surface area contributed by atoms with E-state index >= 15 is 0 Å². The van der Waals surface area contributed by atoms with Gasteiger partial charge in [0.1, 0.15) is 17.2 Å². The molecule has 0 saturated carbocycles. The molecule has 28 heavy (non-hydrogen) atoms. The Morgan fingerprint density at radius 1 is 1.25 bits per heavy atom. The number of alkyl halides is 3. The highest BCUT2D eigenvalue weighted by atomic mass is 35.5. The molecule has 0 unspecified atom stereocenters. The van der Waals surface area contributed by atoms with Crippen molar-refractivity contribution in [2.24, 2.45) is 0 Å². The van der Waals surface area contributed by atoms with E-state index in [-0.39, 0.29) is 27.2 Å². The van der Waals surface area contributed by atoms with Crippen LogP contribution < -0.4 is 5.32 Å². The van der Waals surface area contributed by atoms with E-state index in [1.54, 1.807) is 0 Å². The zero-order chi connectivity index (χ0) is 20.6. The molecule has 0 spiro atoms. The third kappa shape index (κ3) is 3.81. The smallest absolute Gasteiger partial charge is 0.354 e. The summed E-state index contributed by atoms with van der Waals surface area (Å²) >= 11 is 12.1. The van der Waals surface area contributed by atoms with Crippen LogP contribution in [0.15, 0.2) is 35.0 Å². The fraction of sp³-hybridized carbons (Fsp3) is 0.118. The Bertz CT molecular complexity index is 1070. The fourth-order valence-electron chi connectivity index (χ4n) is 2.45. The van der Waals surface area contributed by atoms with Crippen LogP contribution in [-0.2, 0) is 11.0 Å². The number of hydrogen-bond donors (Lipinski definition) is 1. The third-order valence-electron chi connectivity index (χ3n) is 3.59. The lowest BCUT2D eigenvalue weighted by atomic mass is 10.0. The highest BCUT2D eigenvalue weighted by Gasteiger charge is 2.36. The lowest BCUT2D eigenvalue weighted by molar-refractivity contribution is -0.137. The molecule has 1 N–H and O–H groups in total. The summed E-state index contributed by atoms with van der Waals surface area (Å²) in [6, 6.07) is 3.61. The van der Waals surface area contributed by atoms with Crippen LogP contribution in [0.4, 0.5) is 23.2 Å². The van der Waals surface area contributed by atoms with E-state index in [1.807, 2.05) is 0 Å². The zero-order valence-corrected chi connectivity index (χ0v) is 15.4. The molecule has 2 aromatic heterocycles. The van der Waals surface area contributed by atoms with E-state index in [4.69, 9.17) is 27.7 Å². The second-order valence-corrected chi connectivity index (χ2v) is 6.35. The largest absolute Gasteiger partial charge is 0.417 e. The molecule has 3 aromatic rings. The van der Waals surface area contributed by atoms with Crippen molar-refractivity contribution >= 4 is 34.8 Å². The van der Waals surface area contributed by atoms with Gasteiger partial charge in [-0.2, -0.15) is 13.2 Å². The number of amides is 1. The Hall–Kier alpha value is -2.65. The highest BCUT2D eigenvalue weighted by molar-refractivity contribution is 6.41. The number of benzene rings is 1. The summed E-state index contributed by atoms with van der Waals surface area (Å²) in [5, 5.41) is 5.86. The molecule has 0 atom stereocenters. The van der Waals surface area contributed by atoms with Crippen LogP contribution >= 0.6 is 23.2 Å². The van der Waals surface area contributed by atoms with Crippen LogP contribution in [0.5, 0.6) is 0 Å². The first-order valence-electron chi connectivity index (χ1n) is 7.54. The van der Waals surface area contributed by atoms with E-state index in [0.29, 0.717) is 0 Å². The Kier molecular flexibility index (Phi) is 5.31. The van der Waals surface area contributed by atoms with Crippen molar-refractivity contribution in [3.63, 3.8) is 0 Å². The van der Waals surface area contributed by atoms with Gasteiger partial charge in [0.2, 0.25) is 5.91 Å². The predicted molar refractivity (Wildman–Crippen MR) is 94.5 cm³/mol. The summed E-state index contributed by atoms with van der Waals surface area (Å²) in [5.41, 5.74) is -2.37. The van der Waals surface area contributed by atoms with Crippen molar-refractivity contribution in [2.45, 2.75) is 13.1 Å². The second kappa shape index (κ2) is 7.40. The van der Waals surface area contributed by atoms with E-state index in [1.165, 1.54) is 13.1 Å². The van der Waals surface area contributed by atoms with Gasteiger partial charge in [-0.1, -0.05) is 34.4 Å². The van der Waals surface area contributed by atoms with Crippen LogP contribution in [0.3, 0.4) is 0 Å². The van der Waals surface area contributed by atoms with E-state index in [0.717, 1.165) is 24.3 Å². The molecular formula is C17H9Cl2F4N3O2. The minimum Gasteiger partial charge on any atom is -0.354 e. The highest BCUT2D eigenvalue weighted by Crippen LogP contribution is 2.41. The first-order valence-corrected chi connectivity index (χ1v) is 8.30. The molecule has 0 aliphatic heterocycles. The molecule has 1 aromatic carbocycles. The van der Waals surface area contributed by atoms with Gasteiger partial charge in [0.25, 0.3) is 0 Å². The van der Waals surface area contributed by atoms with Crippen LogP contribution in [0.1, 0.15) is 12.5 Å². The van der Waals surface area contributed by atoms with E-state index in [2.05, 4.69) is 15.5 Å². The molecule has 2 heterocycles. The van der Waals surface area contributed by atoms with Gasteiger partial charge < -0.3 is 9.84 Å². The van der Waals surface area contributed by atoms with Gasteiger partial charge >= 0.3 is 6.18 Å². The number of nitrogens with zero attached hydrogens (tertiary/aromatic N) is 2. The van der Waals surface area contributed by atoms with Crippen LogP contribution in [0.25, 0.3) is 22.7 Å². The van der Waals surface area contributed by atoms with Crippen molar-refractivity contribution in [2.75, 3.05) is 5.32 Å². The topological polar surface area (TPSA) is 68.0 Å². The second-order valence-electron chi connectivity index (χ2n) is 5.56. The van der Waals surface area contributed by atoms with Crippen LogP contribution in [0, 0.1) is 5.82 Å². The van der Waals surface area contributed by atoms with Crippen molar-refractivity contribution in [1.29, 1.82) is 0 Å².